The largest absolute Gasteiger partial charge is 0.468 e. The number of hydrogen-bond acceptors (Lipinski definition) is 4. The number of sulfonamides is 1. The van der Waals surface area contributed by atoms with Crippen LogP contribution in [-0.2, 0) is 21.4 Å². The maximum atomic E-state index is 14.0. The Bertz CT molecular complexity index is 1230. The average Bonchev–Trinajstić information content (AvgIpc) is 3.26. The molecule has 4 rings (SSSR count). The Morgan fingerprint density at radius 2 is 1.69 bits per heavy atom. The maximum absolute atomic E-state index is 14.0. The van der Waals surface area contributed by atoms with E-state index in [1.165, 1.54) is 6.26 Å². The summed E-state index contributed by atoms with van der Waals surface area (Å²) in [7, 11) is -3.91. The van der Waals surface area contributed by atoms with E-state index in [0.29, 0.717) is 25.1 Å². The molecule has 1 atom stereocenters. The predicted octanol–water partition coefficient (Wildman–Crippen LogP) is 6.03. The number of aryl methyl sites for hydroxylation is 1. The third-order valence-corrected chi connectivity index (χ3v) is 9.04. The molecule has 1 amide bonds. The van der Waals surface area contributed by atoms with Gasteiger partial charge in [-0.05, 0) is 55.7 Å². The molecule has 1 aliphatic rings. The van der Waals surface area contributed by atoms with Gasteiger partial charge in [-0.25, -0.2) is 8.42 Å². The van der Waals surface area contributed by atoms with Crippen molar-refractivity contribution < 1.29 is 17.6 Å². The van der Waals surface area contributed by atoms with Gasteiger partial charge in [-0.3, -0.25) is 4.79 Å². The Hall–Kier alpha value is -2.42. The minimum Gasteiger partial charge on any atom is -0.468 e. The van der Waals surface area contributed by atoms with Crippen LogP contribution in [0.1, 0.15) is 61.5 Å². The first-order chi connectivity index (χ1) is 16.8. The summed E-state index contributed by atoms with van der Waals surface area (Å²) in [6, 6.07) is 17.1. The van der Waals surface area contributed by atoms with Crippen molar-refractivity contribution in [3.8, 4) is 0 Å². The summed E-state index contributed by atoms with van der Waals surface area (Å²) in [6.07, 6.45) is 6.35. The minimum atomic E-state index is -3.91. The van der Waals surface area contributed by atoms with Crippen LogP contribution in [0.15, 0.2) is 80.7 Å². The van der Waals surface area contributed by atoms with Crippen molar-refractivity contribution in [2.75, 3.05) is 0 Å². The molecule has 1 aromatic heterocycles. The van der Waals surface area contributed by atoms with E-state index in [9.17, 15) is 13.2 Å². The lowest BCUT2D eigenvalue weighted by molar-refractivity contribution is -0.134. The molecule has 1 heterocycles. The average molecular weight is 560 g/mol. The van der Waals surface area contributed by atoms with Gasteiger partial charge in [0.25, 0.3) is 0 Å². The molecule has 2 N–H and O–H groups in total. The van der Waals surface area contributed by atoms with E-state index in [2.05, 4.69) is 26.0 Å². The number of carbonyl (C=O) groups excluding carboxylic acids is 1. The molecular formula is C27H31BrN2O4S. The van der Waals surface area contributed by atoms with Gasteiger partial charge in [-0.2, -0.15) is 4.72 Å². The van der Waals surface area contributed by atoms with E-state index in [4.69, 9.17) is 4.42 Å². The molecule has 0 radical (unpaired) electrons. The van der Waals surface area contributed by atoms with Crippen LogP contribution < -0.4 is 10.0 Å². The highest BCUT2D eigenvalue weighted by molar-refractivity contribution is 9.10. The Morgan fingerprint density at radius 3 is 2.31 bits per heavy atom. The number of rotatable bonds is 8. The zero-order chi connectivity index (χ0) is 24.9. The van der Waals surface area contributed by atoms with Crippen molar-refractivity contribution in [3.63, 3.8) is 0 Å². The fourth-order valence-corrected chi connectivity index (χ4v) is 6.55. The second-order valence-corrected chi connectivity index (χ2v) is 11.8. The van der Waals surface area contributed by atoms with Gasteiger partial charge in [0.05, 0.1) is 22.6 Å². The molecule has 8 heteroatoms. The summed E-state index contributed by atoms with van der Waals surface area (Å²) in [5, 5.41) is 3.11. The second-order valence-electron chi connectivity index (χ2n) is 9.23. The van der Waals surface area contributed by atoms with Crippen molar-refractivity contribution in [1.29, 1.82) is 0 Å². The topological polar surface area (TPSA) is 88.4 Å². The molecule has 6 nitrogen and oxygen atoms in total. The number of carbonyl (C=O) groups is 1. The fourth-order valence-electron chi connectivity index (χ4n) is 4.84. The summed E-state index contributed by atoms with van der Waals surface area (Å²) in [6.45, 7) is 2.25. The summed E-state index contributed by atoms with van der Waals surface area (Å²) >= 11 is 3.54. The highest BCUT2D eigenvalue weighted by atomic mass is 79.9. The normalized spacial score (nSPS) is 16.9. The molecule has 1 fully saturated rings. The Balaban J connectivity index is 1.70. The number of furan rings is 1. The highest BCUT2D eigenvalue weighted by Gasteiger charge is 2.49. The van der Waals surface area contributed by atoms with Crippen LogP contribution in [0, 0.1) is 12.3 Å². The first kappa shape index (κ1) is 25.7. The molecule has 0 saturated heterocycles. The molecule has 2 aromatic carbocycles. The van der Waals surface area contributed by atoms with Crippen molar-refractivity contribution in [2.45, 2.75) is 62.9 Å². The molecule has 0 aliphatic heterocycles. The first-order valence-electron chi connectivity index (χ1n) is 12.0. The summed E-state index contributed by atoms with van der Waals surface area (Å²) in [5.41, 5.74) is 0.950. The van der Waals surface area contributed by atoms with Crippen LogP contribution >= 0.6 is 15.9 Å². The number of nitrogens with one attached hydrogen (secondary N) is 2. The van der Waals surface area contributed by atoms with Crippen LogP contribution in [0.3, 0.4) is 0 Å². The van der Waals surface area contributed by atoms with Crippen molar-refractivity contribution in [1.82, 2.24) is 10.0 Å². The Kier molecular flexibility index (Phi) is 8.14. The summed E-state index contributed by atoms with van der Waals surface area (Å²) < 4.78 is 36.5. The van der Waals surface area contributed by atoms with Gasteiger partial charge in [0.2, 0.25) is 15.9 Å². The van der Waals surface area contributed by atoms with Crippen molar-refractivity contribution in [2.24, 2.45) is 5.41 Å². The van der Waals surface area contributed by atoms with Gasteiger partial charge < -0.3 is 9.73 Å². The quantitative estimate of drug-likeness (QED) is 0.330. The second kappa shape index (κ2) is 11.1. The third-order valence-electron chi connectivity index (χ3n) is 6.83. The minimum absolute atomic E-state index is 0.164. The molecule has 0 spiro atoms. The molecule has 0 bridgehead atoms. The van der Waals surface area contributed by atoms with Crippen molar-refractivity contribution >= 4 is 31.9 Å². The summed E-state index contributed by atoms with van der Waals surface area (Å²) in [4.78, 5) is 14.1. The van der Waals surface area contributed by atoms with Crippen molar-refractivity contribution in [3.05, 3.63) is 88.3 Å². The van der Waals surface area contributed by atoms with E-state index in [1.54, 1.807) is 36.4 Å². The Morgan fingerprint density at radius 1 is 1.00 bits per heavy atom. The van der Waals surface area contributed by atoms with Crippen LogP contribution in [0.2, 0.25) is 0 Å². The number of benzene rings is 2. The zero-order valence-electron chi connectivity index (χ0n) is 19.8. The fraction of sp³-hybridized carbons (Fsp3) is 0.370. The molecular weight excluding hydrogens is 528 g/mol. The number of hydrogen-bond donors (Lipinski definition) is 2. The van der Waals surface area contributed by atoms with Gasteiger partial charge in [0.1, 0.15) is 5.76 Å². The standard InChI is InChI=1S/C27H31BrN2O4S/c1-20-12-14-22(15-13-20)35(32,33)30-25(24-11-8-18-34-24)27(16-6-2-3-7-17-27)26(31)29-19-21-9-4-5-10-23(21)28/h4-5,8-15,18,25,30H,2-3,6-7,16-17,19H2,1H3,(H,29,31)/t25-/m1/s1. The van der Waals surface area contributed by atoms with Gasteiger partial charge in [-0.15, -0.1) is 0 Å². The lowest BCUT2D eigenvalue weighted by Crippen LogP contribution is -2.50. The van der Waals surface area contributed by atoms with E-state index >= 15 is 0 Å². The van der Waals surface area contributed by atoms with Crippen LogP contribution in [-0.4, -0.2) is 14.3 Å². The number of amides is 1. The highest BCUT2D eigenvalue weighted by Crippen LogP contribution is 2.46. The van der Waals surface area contributed by atoms with E-state index in [0.717, 1.165) is 41.3 Å². The molecule has 1 saturated carbocycles. The monoisotopic (exact) mass is 558 g/mol. The molecule has 3 aromatic rings. The SMILES string of the molecule is Cc1ccc(S(=O)(=O)N[C@H](c2ccco2)C2(C(=O)NCc3ccccc3Br)CCCCCC2)cc1. The summed E-state index contributed by atoms with van der Waals surface area (Å²) in [5.74, 6) is 0.279. The molecule has 186 valence electrons. The van der Waals surface area contributed by atoms with Crippen LogP contribution in [0.4, 0.5) is 0 Å². The van der Waals surface area contributed by atoms with Gasteiger partial charge in [-0.1, -0.05) is 77.5 Å². The molecule has 0 unspecified atom stereocenters. The van der Waals surface area contributed by atoms with Crippen LogP contribution in [0.5, 0.6) is 0 Å². The first-order valence-corrected chi connectivity index (χ1v) is 14.2. The van der Waals surface area contributed by atoms with Gasteiger partial charge >= 0.3 is 0 Å². The maximum Gasteiger partial charge on any atom is 0.241 e. The zero-order valence-corrected chi connectivity index (χ0v) is 22.2. The van der Waals surface area contributed by atoms with E-state index in [1.807, 2.05) is 31.2 Å². The van der Waals surface area contributed by atoms with Gasteiger partial charge in [0, 0.05) is 11.0 Å². The van der Waals surface area contributed by atoms with Crippen LogP contribution in [0.25, 0.3) is 0 Å². The number of halogens is 1. The van der Waals surface area contributed by atoms with Gasteiger partial charge in [0.15, 0.2) is 0 Å². The lowest BCUT2D eigenvalue weighted by Gasteiger charge is -2.38. The Labute approximate surface area is 215 Å². The predicted molar refractivity (Wildman–Crippen MR) is 139 cm³/mol. The van der Waals surface area contributed by atoms with E-state index in [-0.39, 0.29) is 10.8 Å². The molecule has 35 heavy (non-hydrogen) atoms. The smallest absolute Gasteiger partial charge is 0.241 e. The third kappa shape index (κ3) is 5.88. The lowest BCUT2D eigenvalue weighted by atomic mass is 9.72. The molecule has 1 aliphatic carbocycles. The van der Waals surface area contributed by atoms with E-state index < -0.39 is 21.5 Å².